The van der Waals surface area contributed by atoms with E-state index < -0.39 is 39.3 Å². The summed E-state index contributed by atoms with van der Waals surface area (Å²) < 4.78 is 56.9. The molecule has 0 bridgehead atoms. The van der Waals surface area contributed by atoms with E-state index in [1.54, 1.807) is 26.0 Å². The molecule has 162 valence electrons. The highest BCUT2D eigenvalue weighted by atomic mass is 32.2. The Labute approximate surface area is 172 Å². The van der Waals surface area contributed by atoms with Crippen LogP contribution in [0, 0.1) is 6.92 Å². The van der Waals surface area contributed by atoms with Crippen molar-refractivity contribution in [3.63, 3.8) is 0 Å². The van der Waals surface area contributed by atoms with Gasteiger partial charge in [-0.25, -0.2) is 4.98 Å². The van der Waals surface area contributed by atoms with Gasteiger partial charge in [-0.2, -0.15) is 13.2 Å². The van der Waals surface area contributed by atoms with E-state index in [1.165, 1.54) is 7.05 Å². The minimum absolute atomic E-state index is 0.192. The molecule has 0 fully saturated rings. The Bertz CT molecular complexity index is 978. The second-order valence-electron chi connectivity index (χ2n) is 8.89. The number of benzene rings is 1. The van der Waals surface area contributed by atoms with E-state index in [1.807, 2.05) is 20.8 Å². The number of fused-ring (bicyclic) bond motifs is 1. The van der Waals surface area contributed by atoms with Crippen LogP contribution in [0.15, 0.2) is 16.9 Å². The predicted molar refractivity (Wildman–Crippen MR) is 110 cm³/mol. The molecule has 0 aliphatic carbocycles. The van der Waals surface area contributed by atoms with Gasteiger partial charge in [-0.05, 0) is 60.1 Å². The maximum absolute atomic E-state index is 13.6. The molecule has 2 atom stereocenters. The third-order valence-corrected chi connectivity index (χ3v) is 6.61. The smallest absolute Gasteiger partial charge is 0.400 e. The second kappa shape index (κ2) is 7.59. The Balaban J connectivity index is 2.77. The summed E-state index contributed by atoms with van der Waals surface area (Å²) in [5, 5.41) is 0.236. The fourth-order valence-electron chi connectivity index (χ4n) is 2.97. The average Bonchev–Trinajstić information content (AvgIpc) is 2.55. The van der Waals surface area contributed by atoms with Crippen LogP contribution in [-0.4, -0.2) is 25.0 Å². The molecule has 1 aromatic heterocycles. The Morgan fingerprint density at radius 2 is 1.72 bits per heavy atom. The van der Waals surface area contributed by atoms with Crippen LogP contribution in [0.25, 0.3) is 10.9 Å². The standard InChI is InChI=1S/C20H28F3N3O2S/c1-11-9-13(12(2)25-29(28)18(3,4)5)15-14(10-11)16(27)26(8)17(24-15)19(6,7)20(21,22)23/h9-10,12,25H,1-8H3/t12?,29-/m1/s1. The minimum Gasteiger partial charge on any atom is -0.598 e. The molecule has 0 saturated carbocycles. The topological polar surface area (TPSA) is 70.0 Å². The fourth-order valence-corrected chi connectivity index (χ4v) is 3.77. The summed E-state index contributed by atoms with van der Waals surface area (Å²) in [5.74, 6) is -0.364. The van der Waals surface area contributed by atoms with Crippen molar-refractivity contribution in [3.8, 4) is 0 Å². The van der Waals surface area contributed by atoms with Crippen molar-refractivity contribution < 1.29 is 17.7 Å². The number of aromatic nitrogens is 2. The first kappa shape index (κ1) is 23.7. The molecule has 0 aliphatic heterocycles. The van der Waals surface area contributed by atoms with Crippen LogP contribution in [0.4, 0.5) is 13.2 Å². The van der Waals surface area contributed by atoms with Crippen LogP contribution >= 0.6 is 0 Å². The summed E-state index contributed by atoms with van der Waals surface area (Å²) in [6.07, 6.45) is -4.58. The number of nitrogens with zero attached hydrogens (tertiary/aromatic N) is 2. The molecule has 2 aromatic rings. The summed E-state index contributed by atoms with van der Waals surface area (Å²) in [4.78, 5) is 17.2. The molecule has 0 saturated heterocycles. The number of alkyl halides is 3. The highest BCUT2D eigenvalue weighted by molar-refractivity contribution is 7.90. The SMILES string of the molecule is Cc1cc(C(C)N[S@+]([O-])C(C)(C)C)c2nc(C(C)(C)C(F)(F)F)n(C)c(=O)c2c1. The molecule has 1 N–H and O–H groups in total. The van der Waals surface area contributed by atoms with E-state index in [0.717, 1.165) is 24.0 Å². The van der Waals surface area contributed by atoms with E-state index in [2.05, 4.69) is 9.71 Å². The van der Waals surface area contributed by atoms with Crippen molar-refractivity contribution in [2.75, 3.05) is 0 Å². The number of halogens is 3. The predicted octanol–water partition coefficient (Wildman–Crippen LogP) is 4.19. The van der Waals surface area contributed by atoms with Crippen LogP contribution in [0.1, 0.15) is 64.5 Å². The lowest BCUT2D eigenvalue weighted by Crippen LogP contribution is -2.42. The van der Waals surface area contributed by atoms with Gasteiger partial charge in [0.05, 0.1) is 16.9 Å². The monoisotopic (exact) mass is 431 g/mol. The number of hydrogen-bond acceptors (Lipinski definition) is 4. The van der Waals surface area contributed by atoms with Crippen LogP contribution in [0.3, 0.4) is 0 Å². The van der Waals surface area contributed by atoms with E-state index in [0.29, 0.717) is 5.56 Å². The molecule has 0 aliphatic rings. The highest BCUT2D eigenvalue weighted by Gasteiger charge is 2.51. The third-order valence-electron chi connectivity index (χ3n) is 4.93. The average molecular weight is 432 g/mol. The fraction of sp³-hybridized carbons (Fsp3) is 0.600. The van der Waals surface area contributed by atoms with Crippen molar-refractivity contribution in [3.05, 3.63) is 39.4 Å². The molecule has 9 heteroatoms. The van der Waals surface area contributed by atoms with Crippen molar-refractivity contribution in [2.24, 2.45) is 7.05 Å². The molecule has 5 nitrogen and oxygen atoms in total. The van der Waals surface area contributed by atoms with Crippen molar-refractivity contribution in [1.82, 2.24) is 14.3 Å². The van der Waals surface area contributed by atoms with Crippen molar-refractivity contribution >= 4 is 22.3 Å². The Kier molecular flexibility index (Phi) is 6.20. The summed E-state index contributed by atoms with van der Waals surface area (Å²) >= 11 is -1.40. The Hall–Kier alpha value is -1.58. The van der Waals surface area contributed by atoms with Gasteiger partial charge in [0.2, 0.25) is 0 Å². The largest absolute Gasteiger partial charge is 0.598 e. The van der Waals surface area contributed by atoms with E-state index in [4.69, 9.17) is 0 Å². The number of rotatable bonds is 4. The van der Waals surface area contributed by atoms with Gasteiger partial charge in [-0.3, -0.25) is 9.36 Å². The number of aryl methyl sites for hydroxylation is 1. The molecular formula is C20H28F3N3O2S. The summed E-state index contributed by atoms with van der Waals surface area (Å²) in [6, 6.07) is 2.89. The third kappa shape index (κ3) is 4.46. The van der Waals surface area contributed by atoms with Gasteiger partial charge in [0.25, 0.3) is 5.56 Å². The van der Waals surface area contributed by atoms with Gasteiger partial charge >= 0.3 is 6.18 Å². The number of nitrogens with one attached hydrogen (secondary N) is 1. The molecule has 29 heavy (non-hydrogen) atoms. The maximum Gasteiger partial charge on any atom is 0.400 e. The van der Waals surface area contributed by atoms with Gasteiger partial charge < -0.3 is 4.55 Å². The number of hydrogen-bond donors (Lipinski definition) is 1. The van der Waals surface area contributed by atoms with E-state index in [9.17, 15) is 22.5 Å². The molecule has 0 amide bonds. The Morgan fingerprint density at radius 1 is 1.17 bits per heavy atom. The zero-order valence-electron chi connectivity index (χ0n) is 18.0. The van der Waals surface area contributed by atoms with Gasteiger partial charge in [0.1, 0.15) is 16.0 Å². The quantitative estimate of drug-likeness (QED) is 0.737. The summed E-state index contributed by atoms with van der Waals surface area (Å²) in [7, 11) is 1.30. The minimum atomic E-state index is -4.58. The first-order valence-electron chi connectivity index (χ1n) is 9.25. The second-order valence-corrected chi connectivity index (χ2v) is 10.9. The van der Waals surface area contributed by atoms with Gasteiger partial charge in [0.15, 0.2) is 0 Å². The molecule has 1 aromatic carbocycles. The molecule has 1 heterocycles. The van der Waals surface area contributed by atoms with Gasteiger partial charge in [0, 0.05) is 24.0 Å². The highest BCUT2D eigenvalue weighted by Crippen LogP contribution is 2.39. The maximum atomic E-state index is 13.6. The Morgan fingerprint density at radius 3 is 2.21 bits per heavy atom. The summed E-state index contributed by atoms with van der Waals surface area (Å²) in [5.41, 5.74) is -1.37. The zero-order valence-corrected chi connectivity index (χ0v) is 18.8. The van der Waals surface area contributed by atoms with Crippen LogP contribution < -0.4 is 10.3 Å². The zero-order chi connectivity index (χ0) is 22.5. The van der Waals surface area contributed by atoms with E-state index >= 15 is 0 Å². The van der Waals surface area contributed by atoms with Crippen molar-refractivity contribution in [2.45, 2.75) is 70.8 Å². The first-order chi connectivity index (χ1) is 13.0. The summed E-state index contributed by atoms with van der Waals surface area (Å²) in [6.45, 7) is 11.0. The normalized spacial score (nSPS) is 15.6. The molecular weight excluding hydrogens is 403 g/mol. The van der Waals surface area contributed by atoms with Crippen molar-refractivity contribution in [1.29, 1.82) is 0 Å². The van der Waals surface area contributed by atoms with Gasteiger partial charge in [-0.15, -0.1) is 4.72 Å². The van der Waals surface area contributed by atoms with E-state index in [-0.39, 0.29) is 16.7 Å². The molecule has 2 rings (SSSR count). The molecule has 0 radical (unpaired) electrons. The van der Waals surface area contributed by atoms with Gasteiger partial charge in [-0.1, -0.05) is 6.07 Å². The lowest BCUT2D eigenvalue weighted by Gasteiger charge is -2.30. The van der Waals surface area contributed by atoms with Crippen LogP contribution in [0.2, 0.25) is 0 Å². The lowest BCUT2D eigenvalue weighted by atomic mass is 9.90. The lowest BCUT2D eigenvalue weighted by molar-refractivity contribution is -0.183. The first-order valence-corrected chi connectivity index (χ1v) is 10.4. The van der Waals surface area contributed by atoms with Crippen LogP contribution in [0.5, 0.6) is 0 Å². The molecule has 0 spiro atoms. The van der Waals surface area contributed by atoms with Crippen LogP contribution in [-0.2, 0) is 23.8 Å². The molecule has 1 unspecified atom stereocenters.